The second kappa shape index (κ2) is 5.55. The van der Waals surface area contributed by atoms with E-state index in [4.69, 9.17) is 0 Å². The van der Waals surface area contributed by atoms with Crippen molar-refractivity contribution < 1.29 is 0 Å². The lowest BCUT2D eigenvalue weighted by Gasteiger charge is -2.07. The summed E-state index contributed by atoms with van der Waals surface area (Å²) < 4.78 is 1.78. The Kier molecular flexibility index (Phi) is 3.40. The number of nitrogens with zero attached hydrogens (tertiary/aromatic N) is 4. The molecule has 0 saturated carbocycles. The van der Waals surface area contributed by atoms with Crippen molar-refractivity contribution in [2.24, 2.45) is 0 Å². The number of rotatable bonds is 3. The van der Waals surface area contributed by atoms with Gasteiger partial charge in [-0.2, -0.15) is 14.6 Å². The maximum atomic E-state index is 4.59. The van der Waals surface area contributed by atoms with Gasteiger partial charge in [-0.3, -0.25) is 0 Å². The number of benzene rings is 1. The highest BCUT2D eigenvalue weighted by atomic mass is 32.2. The van der Waals surface area contributed by atoms with E-state index >= 15 is 0 Å². The van der Waals surface area contributed by atoms with E-state index in [2.05, 4.69) is 63.1 Å². The van der Waals surface area contributed by atoms with Gasteiger partial charge in [-0.1, -0.05) is 18.2 Å². The third-order valence-electron chi connectivity index (χ3n) is 3.41. The standard InChI is InChI=1S/C16H12N4S2/c1-21-12-6-4-11(5-7-12)14-9-13(15-3-2-8-22-15)19-16-17-10-18-20(14)16/h2-10H,1H3. The first-order valence-electron chi connectivity index (χ1n) is 6.74. The van der Waals surface area contributed by atoms with E-state index in [1.54, 1.807) is 33.9 Å². The molecule has 3 aromatic heterocycles. The molecule has 108 valence electrons. The van der Waals surface area contributed by atoms with Gasteiger partial charge >= 0.3 is 0 Å². The van der Waals surface area contributed by atoms with Crippen molar-refractivity contribution in [3.8, 4) is 21.8 Å². The van der Waals surface area contributed by atoms with Crippen LogP contribution < -0.4 is 0 Å². The molecule has 6 heteroatoms. The molecule has 4 aromatic rings. The maximum Gasteiger partial charge on any atom is 0.253 e. The Morgan fingerprint density at radius 3 is 2.73 bits per heavy atom. The highest BCUT2D eigenvalue weighted by Crippen LogP contribution is 2.29. The molecule has 4 nitrogen and oxygen atoms in total. The lowest BCUT2D eigenvalue weighted by atomic mass is 10.1. The molecule has 0 aliphatic carbocycles. The topological polar surface area (TPSA) is 43.1 Å². The van der Waals surface area contributed by atoms with E-state index in [-0.39, 0.29) is 0 Å². The molecule has 22 heavy (non-hydrogen) atoms. The summed E-state index contributed by atoms with van der Waals surface area (Å²) in [5.41, 5.74) is 3.03. The van der Waals surface area contributed by atoms with Gasteiger partial charge in [0.25, 0.3) is 5.78 Å². The fourth-order valence-electron chi connectivity index (χ4n) is 2.33. The number of thiophene rings is 1. The van der Waals surface area contributed by atoms with Crippen LogP contribution >= 0.6 is 23.1 Å². The molecule has 0 unspecified atom stereocenters. The maximum absolute atomic E-state index is 4.59. The normalized spacial score (nSPS) is 11.1. The Morgan fingerprint density at radius 2 is 2.00 bits per heavy atom. The minimum atomic E-state index is 0.620. The van der Waals surface area contributed by atoms with Gasteiger partial charge in [0.1, 0.15) is 6.33 Å². The van der Waals surface area contributed by atoms with E-state index < -0.39 is 0 Å². The Morgan fingerprint density at radius 1 is 1.14 bits per heavy atom. The molecular weight excluding hydrogens is 312 g/mol. The summed E-state index contributed by atoms with van der Waals surface area (Å²) in [5, 5.41) is 6.35. The van der Waals surface area contributed by atoms with Gasteiger partial charge in [0.05, 0.1) is 16.3 Å². The van der Waals surface area contributed by atoms with Crippen LogP contribution in [0.25, 0.3) is 27.6 Å². The average Bonchev–Trinajstić information content (AvgIpc) is 3.25. The molecule has 3 heterocycles. The smallest absolute Gasteiger partial charge is 0.210 e. The molecule has 0 saturated heterocycles. The largest absolute Gasteiger partial charge is 0.253 e. The first-order chi connectivity index (χ1) is 10.8. The zero-order valence-electron chi connectivity index (χ0n) is 11.8. The van der Waals surface area contributed by atoms with Crippen LogP contribution in [-0.2, 0) is 0 Å². The lowest BCUT2D eigenvalue weighted by Crippen LogP contribution is -1.98. The second-order valence-corrected chi connectivity index (χ2v) is 6.53. The summed E-state index contributed by atoms with van der Waals surface area (Å²) in [4.78, 5) is 11.2. The van der Waals surface area contributed by atoms with Crippen molar-refractivity contribution in [1.29, 1.82) is 0 Å². The van der Waals surface area contributed by atoms with Crippen LogP contribution in [0.5, 0.6) is 0 Å². The number of aromatic nitrogens is 4. The summed E-state index contributed by atoms with van der Waals surface area (Å²) in [6.45, 7) is 0. The summed E-state index contributed by atoms with van der Waals surface area (Å²) in [5.74, 6) is 0.620. The molecule has 0 aliphatic rings. The zero-order valence-corrected chi connectivity index (χ0v) is 13.4. The highest BCUT2D eigenvalue weighted by Gasteiger charge is 2.11. The van der Waals surface area contributed by atoms with Gasteiger partial charge in [0.2, 0.25) is 0 Å². The van der Waals surface area contributed by atoms with E-state index in [0.29, 0.717) is 5.78 Å². The fraction of sp³-hybridized carbons (Fsp3) is 0.0625. The van der Waals surface area contributed by atoms with E-state index in [1.807, 2.05) is 6.07 Å². The predicted octanol–water partition coefficient (Wildman–Crippen LogP) is 4.24. The zero-order chi connectivity index (χ0) is 14.9. The van der Waals surface area contributed by atoms with Crippen LogP contribution in [0.4, 0.5) is 0 Å². The van der Waals surface area contributed by atoms with Gasteiger partial charge < -0.3 is 0 Å². The van der Waals surface area contributed by atoms with Crippen molar-refractivity contribution in [3.05, 3.63) is 54.2 Å². The van der Waals surface area contributed by atoms with Crippen molar-refractivity contribution >= 4 is 28.9 Å². The van der Waals surface area contributed by atoms with Crippen LogP contribution in [0.1, 0.15) is 0 Å². The predicted molar refractivity (Wildman–Crippen MR) is 91.3 cm³/mol. The molecule has 0 N–H and O–H groups in total. The Balaban J connectivity index is 1.93. The SMILES string of the molecule is CSc1ccc(-c2cc(-c3cccs3)nc3ncnn23)cc1. The van der Waals surface area contributed by atoms with Crippen molar-refractivity contribution in [2.45, 2.75) is 4.90 Å². The van der Waals surface area contributed by atoms with Gasteiger partial charge in [0, 0.05) is 10.5 Å². The Hall–Kier alpha value is -2.18. The van der Waals surface area contributed by atoms with Gasteiger partial charge in [0.15, 0.2) is 0 Å². The minimum absolute atomic E-state index is 0.620. The molecule has 0 radical (unpaired) electrons. The minimum Gasteiger partial charge on any atom is -0.210 e. The van der Waals surface area contributed by atoms with Crippen LogP contribution in [0, 0.1) is 0 Å². The number of hydrogen-bond donors (Lipinski definition) is 0. The van der Waals surface area contributed by atoms with Crippen LogP contribution in [0.3, 0.4) is 0 Å². The first-order valence-corrected chi connectivity index (χ1v) is 8.85. The highest BCUT2D eigenvalue weighted by molar-refractivity contribution is 7.98. The number of fused-ring (bicyclic) bond motifs is 1. The Bertz CT molecular complexity index is 911. The summed E-state index contributed by atoms with van der Waals surface area (Å²) in [7, 11) is 0. The van der Waals surface area contributed by atoms with Crippen molar-refractivity contribution in [2.75, 3.05) is 6.26 Å². The van der Waals surface area contributed by atoms with Gasteiger partial charge in [-0.15, -0.1) is 23.1 Å². The first kappa shape index (κ1) is 13.5. The fourth-order valence-corrected chi connectivity index (χ4v) is 3.42. The molecule has 0 atom stereocenters. The summed E-state index contributed by atoms with van der Waals surface area (Å²) in [6.07, 6.45) is 3.62. The van der Waals surface area contributed by atoms with E-state index in [9.17, 15) is 0 Å². The molecule has 4 rings (SSSR count). The molecular formula is C16H12N4S2. The quantitative estimate of drug-likeness (QED) is 0.529. The van der Waals surface area contributed by atoms with Crippen molar-refractivity contribution in [1.82, 2.24) is 19.6 Å². The van der Waals surface area contributed by atoms with Crippen LogP contribution in [0.2, 0.25) is 0 Å². The van der Waals surface area contributed by atoms with E-state index in [0.717, 1.165) is 21.8 Å². The molecule has 0 fully saturated rings. The van der Waals surface area contributed by atoms with Gasteiger partial charge in [-0.05, 0) is 35.9 Å². The third-order valence-corrected chi connectivity index (χ3v) is 5.05. The molecule has 1 aromatic carbocycles. The molecule has 0 spiro atoms. The van der Waals surface area contributed by atoms with Crippen LogP contribution in [0.15, 0.2) is 59.1 Å². The van der Waals surface area contributed by atoms with Crippen LogP contribution in [-0.4, -0.2) is 25.8 Å². The number of thioether (sulfide) groups is 1. The third kappa shape index (κ3) is 2.30. The Labute approximate surface area is 135 Å². The van der Waals surface area contributed by atoms with Gasteiger partial charge in [-0.25, -0.2) is 4.98 Å². The summed E-state index contributed by atoms with van der Waals surface area (Å²) >= 11 is 3.41. The number of hydrogen-bond acceptors (Lipinski definition) is 5. The summed E-state index contributed by atoms with van der Waals surface area (Å²) in [6, 6.07) is 14.6. The lowest BCUT2D eigenvalue weighted by molar-refractivity contribution is 0.949. The molecule has 0 aliphatic heterocycles. The second-order valence-electron chi connectivity index (χ2n) is 4.70. The van der Waals surface area contributed by atoms with Crippen molar-refractivity contribution in [3.63, 3.8) is 0 Å². The average molecular weight is 324 g/mol. The molecule has 0 amide bonds. The monoisotopic (exact) mass is 324 g/mol. The molecule has 0 bridgehead atoms. The van der Waals surface area contributed by atoms with E-state index in [1.165, 1.54) is 4.90 Å².